The van der Waals surface area contributed by atoms with Crippen molar-refractivity contribution < 1.29 is 13.9 Å². The molecular formula is C30H35ClFN3O2S. The standard InChI is InChI=1S/C26H24ClFN2O2S.C4H11N/c27-23-12-18(28)6-10-22(23)26(31)29-14-19-7-8-20(15-29)30(19)24-13-21(33)9-11-25(24)32-16-17-4-2-1-3-5-17;1-3-4-5-2/h1-6,9-13,19-20,33H,7-8,14-16H2;5H,3-4H2,1-2H3. The van der Waals surface area contributed by atoms with E-state index in [2.05, 4.69) is 29.8 Å². The molecule has 0 aliphatic carbocycles. The van der Waals surface area contributed by atoms with E-state index in [1.807, 2.05) is 60.5 Å². The van der Waals surface area contributed by atoms with Crippen LogP contribution in [0.5, 0.6) is 5.75 Å². The van der Waals surface area contributed by atoms with Crippen LogP contribution in [0.15, 0.2) is 71.6 Å². The number of carbonyl (C=O) groups is 1. The average Bonchev–Trinajstić information content (AvgIpc) is 3.17. The van der Waals surface area contributed by atoms with Crippen molar-refractivity contribution in [3.8, 4) is 5.75 Å². The molecule has 2 saturated heterocycles. The summed E-state index contributed by atoms with van der Waals surface area (Å²) in [6.07, 6.45) is 3.21. The number of hydrogen-bond acceptors (Lipinski definition) is 5. The number of piperazine rings is 1. The minimum atomic E-state index is -0.448. The monoisotopic (exact) mass is 555 g/mol. The second-order valence-corrected chi connectivity index (χ2v) is 10.6. The lowest BCUT2D eigenvalue weighted by atomic mass is 10.1. The number of hydrogen-bond donors (Lipinski definition) is 2. The number of benzene rings is 3. The van der Waals surface area contributed by atoms with Crippen molar-refractivity contribution in [2.45, 2.75) is 49.8 Å². The number of carbonyl (C=O) groups excluding carboxylic acids is 1. The van der Waals surface area contributed by atoms with Crippen molar-refractivity contribution in [2.75, 3.05) is 31.6 Å². The van der Waals surface area contributed by atoms with Crippen LogP contribution in [0.2, 0.25) is 5.02 Å². The minimum Gasteiger partial charge on any atom is -0.487 e. The first-order valence-corrected chi connectivity index (χ1v) is 13.9. The van der Waals surface area contributed by atoms with Gasteiger partial charge in [-0.2, -0.15) is 0 Å². The summed E-state index contributed by atoms with van der Waals surface area (Å²) in [5.41, 5.74) is 2.46. The molecule has 0 spiro atoms. The summed E-state index contributed by atoms with van der Waals surface area (Å²) in [5.74, 6) is 0.214. The molecule has 3 aromatic rings. The molecule has 1 N–H and O–H groups in total. The maximum Gasteiger partial charge on any atom is 0.255 e. The molecule has 0 saturated carbocycles. The molecule has 2 heterocycles. The van der Waals surface area contributed by atoms with Gasteiger partial charge in [0.1, 0.15) is 18.2 Å². The smallest absolute Gasteiger partial charge is 0.255 e. The summed E-state index contributed by atoms with van der Waals surface area (Å²) in [7, 11) is 1.96. The van der Waals surface area contributed by atoms with Gasteiger partial charge in [-0.05, 0) is 74.8 Å². The number of fused-ring (bicyclic) bond motifs is 2. The van der Waals surface area contributed by atoms with Crippen LogP contribution in [0, 0.1) is 5.82 Å². The molecule has 2 unspecified atom stereocenters. The Labute approximate surface area is 235 Å². The van der Waals surface area contributed by atoms with Crippen molar-refractivity contribution >= 4 is 35.8 Å². The fourth-order valence-electron chi connectivity index (χ4n) is 5.11. The Bertz CT molecular complexity index is 1210. The number of amides is 1. The molecule has 2 fully saturated rings. The van der Waals surface area contributed by atoms with Gasteiger partial charge in [0, 0.05) is 30.1 Å². The third-order valence-electron chi connectivity index (χ3n) is 6.89. The first-order chi connectivity index (χ1) is 18.4. The number of nitrogens with zero attached hydrogens (tertiary/aromatic N) is 2. The van der Waals surface area contributed by atoms with E-state index in [9.17, 15) is 9.18 Å². The highest BCUT2D eigenvalue weighted by atomic mass is 35.5. The van der Waals surface area contributed by atoms with E-state index in [-0.39, 0.29) is 23.0 Å². The Morgan fingerprint density at radius 2 is 1.79 bits per heavy atom. The molecule has 2 atom stereocenters. The van der Waals surface area contributed by atoms with E-state index in [1.54, 1.807) is 0 Å². The van der Waals surface area contributed by atoms with E-state index in [1.165, 1.54) is 24.6 Å². The zero-order valence-electron chi connectivity index (χ0n) is 21.9. The number of likely N-dealkylation sites (tertiary alicyclic amines) is 1. The van der Waals surface area contributed by atoms with Crippen molar-refractivity contribution in [2.24, 2.45) is 0 Å². The zero-order valence-corrected chi connectivity index (χ0v) is 23.5. The van der Waals surface area contributed by atoms with Gasteiger partial charge in [-0.3, -0.25) is 4.79 Å². The summed E-state index contributed by atoms with van der Waals surface area (Å²) in [5, 5.41) is 3.16. The van der Waals surface area contributed by atoms with Gasteiger partial charge < -0.3 is 19.9 Å². The van der Waals surface area contributed by atoms with Gasteiger partial charge in [-0.25, -0.2) is 4.39 Å². The Morgan fingerprint density at radius 3 is 2.39 bits per heavy atom. The summed E-state index contributed by atoms with van der Waals surface area (Å²) < 4.78 is 19.7. The van der Waals surface area contributed by atoms with Gasteiger partial charge in [0.05, 0.1) is 16.3 Å². The van der Waals surface area contributed by atoms with E-state index in [0.29, 0.717) is 25.3 Å². The molecule has 3 aromatic carbocycles. The topological polar surface area (TPSA) is 44.8 Å². The third-order valence-corrected chi connectivity index (χ3v) is 7.48. The van der Waals surface area contributed by atoms with Gasteiger partial charge >= 0.3 is 0 Å². The first-order valence-electron chi connectivity index (χ1n) is 13.1. The molecule has 0 aromatic heterocycles. The van der Waals surface area contributed by atoms with E-state index in [0.717, 1.165) is 41.3 Å². The fraction of sp³-hybridized carbons (Fsp3) is 0.367. The molecule has 2 aliphatic rings. The van der Waals surface area contributed by atoms with Crippen LogP contribution < -0.4 is 15.0 Å². The zero-order chi connectivity index (χ0) is 27.1. The lowest BCUT2D eigenvalue weighted by Gasteiger charge is -2.43. The van der Waals surface area contributed by atoms with Gasteiger partial charge in [0.25, 0.3) is 5.91 Å². The van der Waals surface area contributed by atoms with Crippen molar-refractivity contribution in [3.63, 3.8) is 0 Å². The van der Waals surface area contributed by atoms with Crippen LogP contribution >= 0.6 is 24.2 Å². The number of ether oxygens (including phenoxy) is 1. The first kappa shape index (κ1) is 28.3. The van der Waals surface area contributed by atoms with Crippen LogP contribution in [-0.4, -0.2) is 49.6 Å². The van der Waals surface area contributed by atoms with Gasteiger partial charge in [0.15, 0.2) is 0 Å². The SMILES string of the molecule is CCCNC.O=C(c1ccc(F)cc1Cl)N1CC2CCC(C1)N2c1cc(S)ccc1OCc1ccccc1. The van der Waals surface area contributed by atoms with Gasteiger partial charge in [-0.1, -0.05) is 48.9 Å². The normalized spacial score (nSPS) is 18.1. The Morgan fingerprint density at radius 1 is 1.08 bits per heavy atom. The summed E-state index contributed by atoms with van der Waals surface area (Å²) >= 11 is 10.7. The van der Waals surface area contributed by atoms with Gasteiger partial charge in [0.2, 0.25) is 0 Å². The second kappa shape index (κ2) is 13.4. The molecule has 2 bridgehead atoms. The molecule has 8 heteroatoms. The van der Waals surface area contributed by atoms with E-state index < -0.39 is 5.82 Å². The van der Waals surface area contributed by atoms with Crippen molar-refractivity contribution in [1.82, 2.24) is 10.2 Å². The Hall–Kier alpha value is -2.74. The molecule has 202 valence electrons. The fourth-order valence-corrected chi connectivity index (χ4v) is 5.56. The average molecular weight is 556 g/mol. The van der Waals surface area contributed by atoms with Gasteiger partial charge in [-0.15, -0.1) is 12.6 Å². The van der Waals surface area contributed by atoms with Crippen molar-refractivity contribution in [3.05, 3.63) is 88.7 Å². The van der Waals surface area contributed by atoms with E-state index >= 15 is 0 Å². The number of nitrogens with one attached hydrogen (secondary N) is 1. The third kappa shape index (κ3) is 6.82. The lowest BCUT2D eigenvalue weighted by molar-refractivity contribution is 0.0717. The molecule has 38 heavy (non-hydrogen) atoms. The molecular weight excluding hydrogens is 521 g/mol. The highest BCUT2D eigenvalue weighted by Gasteiger charge is 2.42. The molecule has 0 radical (unpaired) electrons. The van der Waals surface area contributed by atoms with Crippen LogP contribution in [0.25, 0.3) is 0 Å². The molecule has 5 nitrogen and oxygen atoms in total. The molecule has 2 aliphatic heterocycles. The van der Waals surface area contributed by atoms with Crippen LogP contribution in [0.4, 0.5) is 10.1 Å². The van der Waals surface area contributed by atoms with Crippen LogP contribution in [-0.2, 0) is 6.61 Å². The maximum atomic E-state index is 13.4. The summed E-state index contributed by atoms with van der Waals surface area (Å²) in [4.78, 5) is 18.2. The second-order valence-electron chi connectivity index (χ2n) is 9.66. The number of thiol groups is 1. The quantitative estimate of drug-likeness (QED) is 0.329. The summed E-state index contributed by atoms with van der Waals surface area (Å²) in [6, 6.07) is 20.3. The predicted molar refractivity (Wildman–Crippen MR) is 155 cm³/mol. The molecule has 5 rings (SSSR count). The minimum absolute atomic E-state index is 0.147. The number of rotatable bonds is 7. The highest BCUT2D eigenvalue weighted by Crippen LogP contribution is 2.41. The summed E-state index contributed by atoms with van der Waals surface area (Å²) in [6.45, 7) is 4.93. The number of halogens is 2. The highest BCUT2D eigenvalue weighted by molar-refractivity contribution is 7.80. The Balaban J connectivity index is 0.000000617. The largest absolute Gasteiger partial charge is 0.487 e. The lowest BCUT2D eigenvalue weighted by Crippen LogP contribution is -2.55. The predicted octanol–water partition coefficient (Wildman–Crippen LogP) is 6.46. The van der Waals surface area contributed by atoms with Crippen LogP contribution in [0.3, 0.4) is 0 Å². The van der Waals surface area contributed by atoms with E-state index in [4.69, 9.17) is 16.3 Å². The number of anilines is 1. The Kier molecular flexibility index (Phi) is 9.94. The molecule has 1 amide bonds. The van der Waals surface area contributed by atoms with Crippen LogP contribution in [0.1, 0.15) is 42.1 Å². The maximum absolute atomic E-state index is 13.4. The van der Waals surface area contributed by atoms with Crippen molar-refractivity contribution in [1.29, 1.82) is 0 Å².